The van der Waals surface area contributed by atoms with Gasteiger partial charge in [0.05, 0.1) is 12.0 Å². The SMILES string of the molecule is CCC(C#N)S(=O)(=O)NC(C)CCCC(C)C(=O)O. The fourth-order valence-electron chi connectivity index (χ4n) is 1.66. The summed E-state index contributed by atoms with van der Waals surface area (Å²) in [6.45, 7) is 4.99. The third-order valence-electron chi connectivity index (χ3n) is 2.95. The number of sulfonamides is 1. The number of hydrogen-bond donors (Lipinski definition) is 2. The van der Waals surface area contributed by atoms with E-state index in [1.54, 1.807) is 26.8 Å². The van der Waals surface area contributed by atoms with Crippen molar-refractivity contribution in [1.29, 1.82) is 5.26 Å². The number of aliphatic carboxylic acids is 1. The van der Waals surface area contributed by atoms with Gasteiger partial charge in [-0.05, 0) is 26.2 Å². The zero-order chi connectivity index (χ0) is 15.1. The van der Waals surface area contributed by atoms with Crippen molar-refractivity contribution in [3.8, 4) is 6.07 Å². The van der Waals surface area contributed by atoms with Crippen LogP contribution in [0.3, 0.4) is 0 Å². The number of nitrogens with zero attached hydrogens (tertiary/aromatic N) is 1. The molecule has 0 amide bonds. The molecule has 0 rings (SSSR count). The van der Waals surface area contributed by atoms with Crippen LogP contribution in [0.4, 0.5) is 0 Å². The molecule has 2 N–H and O–H groups in total. The van der Waals surface area contributed by atoms with Crippen LogP contribution in [-0.4, -0.2) is 30.8 Å². The Balaban J connectivity index is 4.22. The van der Waals surface area contributed by atoms with Gasteiger partial charge in [-0.25, -0.2) is 13.1 Å². The number of nitriles is 1. The van der Waals surface area contributed by atoms with E-state index in [1.165, 1.54) is 0 Å². The molecular formula is C12H22N2O4S. The normalized spacial score (nSPS) is 16.3. The monoisotopic (exact) mass is 290 g/mol. The molecule has 0 bridgehead atoms. The molecule has 0 radical (unpaired) electrons. The molecule has 0 saturated carbocycles. The van der Waals surface area contributed by atoms with Crippen LogP contribution in [-0.2, 0) is 14.8 Å². The van der Waals surface area contributed by atoms with Crippen molar-refractivity contribution in [1.82, 2.24) is 4.72 Å². The summed E-state index contributed by atoms with van der Waals surface area (Å²) < 4.78 is 26.0. The molecule has 19 heavy (non-hydrogen) atoms. The Bertz CT molecular complexity index is 428. The Labute approximate surface area is 114 Å². The van der Waals surface area contributed by atoms with Crippen molar-refractivity contribution < 1.29 is 18.3 Å². The first-order chi connectivity index (χ1) is 8.74. The van der Waals surface area contributed by atoms with Crippen LogP contribution in [0, 0.1) is 17.2 Å². The van der Waals surface area contributed by atoms with Crippen LogP contribution >= 0.6 is 0 Å². The lowest BCUT2D eigenvalue weighted by molar-refractivity contribution is -0.141. The Morgan fingerprint density at radius 2 is 1.95 bits per heavy atom. The van der Waals surface area contributed by atoms with Gasteiger partial charge in [-0.15, -0.1) is 0 Å². The van der Waals surface area contributed by atoms with Gasteiger partial charge in [-0.3, -0.25) is 4.79 Å². The van der Waals surface area contributed by atoms with Crippen molar-refractivity contribution in [3.63, 3.8) is 0 Å². The van der Waals surface area contributed by atoms with E-state index >= 15 is 0 Å². The summed E-state index contributed by atoms with van der Waals surface area (Å²) in [5.74, 6) is -1.27. The van der Waals surface area contributed by atoms with E-state index in [-0.39, 0.29) is 12.5 Å². The van der Waals surface area contributed by atoms with E-state index in [2.05, 4.69) is 4.72 Å². The molecule has 110 valence electrons. The molecule has 0 aromatic carbocycles. The summed E-state index contributed by atoms with van der Waals surface area (Å²) >= 11 is 0. The fraction of sp³-hybridized carbons (Fsp3) is 0.833. The van der Waals surface area contributed by atoms with E-state index in [0.29, 0.717) is 19.3 Å². The van der Waals surface area contributed by atoms with Gasteiger partial charge in [0.1, 0.15) is 0 Å². The lowest BCUT2D eigenvalue weighted by Crippen LogP contribution is -2.38. The van der Waals surface area contributed by atoms with E-state index in [0.717, 1.165) is 0 Å². The highest BCUT2D eigenvalue weighted by atomic mass is 32.2. The zero-order valence-corrected chi connectivity index (χ0v) is 12.4. The molecule has 0 aliphatic carbocycles. The maximum atomic E-state index is 11.8. The second kappa shape index (κ2) is 8.12. The molecule has 3 atom stereocenters. The number of hydrogen-bond acceptors (Lipinski definition) is 4. The van der Waals surface area contributed by atoms with Gasteiger partial charge in [-0.1, -0.05) is 20.3 Å². The third kappa shape index (κ3) is 6.55. The lowest BCUT2D eigenvalue weighted by atomic mass is 10.0. The Kier molecular flexibility index (Phi) is 7.64. The van der Waals surface area contributed by atoms with E-state index in [4.69, 9.17) is 10.4 Å². The van der Waals surface area contributed by atoms with E-state index in [9.17, 15) is 13.2 Å². The number of nitrogens with one attached hydrogen (secondary N) is 1. The number of carboxylic acid groups (broad SMARTS) is 1. The lowest BCUT2D eigenvalue weighted by Gasteiger charge is -2.16. The number of rotatable bonds is 9. The Morgan fingerprint density at radius 3 is 2.37 bits per heavy atom. The average Bonchev–Trinajstić information content (AvgIpc) is 2.28. The maximum absolute atomic E-state index is 11.8. The molecule has 6 nitrogen and oxygen atoms in total. The van der Waals surface area contributed by atoms with E-state index < -0.39 is 27.2 Å². The summed E-state index contributed by atoms with van der Waals surface area (Å²) in [5, 5.41) is 16.4. The highest BCUT2D eigenvalue weighted by Gasteiger charge is 2.24. The highest BCUT2D eigenvalue weighted by Crippen LogP contribution is 2.11. The van der Waals surface area contributed by atoms with Crippen molar-refractivity contribution in [3.05, 3.63) is 0 Å². The molecule has 0 heterocycles. The van der Waals surface area contributed by atoms with Gasteiger partial charge in [0, 0.05) is 6.04 Å². The smallest absolute Gasteiger partial charge is 0.306 e. The van der Waals surface area contributed by atoms with Gasteiger partial charge in [0.2, 0.25) is 10.0 Å². The van der Waals surface area contributed by atoms with Crippen LogP contribution in [0.25, 0.3) is 0 Å². The minimum Gasteiger partial charge on any atom is -0.481 e. The minimum atomic E-state index is -3.62. The van der Waals surface area contributed by atoms with Gasteiger partial charge < -0.3 is 5.11 Å². The first-order valence-corrected chi connectivity index (χ1v) is 7.92. The third-order valence-corrected chi connectivity index (χ3v) is 4.87. The van der Waals surface area contributed by atoms with Crippen molar-refractivity contribution >= 4 is 16.0 Å². The van der Waals surface area contributed by atoms with Crippen LogP contribution < -0.4 is 4.72 Å². The predicted octanol–water partition coefficient (Wildman–Crippen LogP) is 1.49. The van der Waals surface area contributed by atoms with Crippen molar-refractivity contribution in [2.75, 3.05) is 0 Å². The van der Waals surface area contributed by atoms with Gasteiger partial charge in [0.25, 0.3) is 0 Å². The second-order valence-corrected chi connectivity index (χ2v) is 6.65. The quantitative estimate of drug-likeness (QED) is 0.669. The largest absolute Gasteiger partial charge is 0.481 e. The molecule has 0 saturated heterocycles. The summed E-state index contributed by atoms with van der Waals surface area (Å²) in [6.07, 6.45) is 1.94. The van der Waals surface area contributed by atoms with Crippen molar-refractivity contribution in [2.45, 2.75) is 57.7 Å². The summed E-state index contributed by atoms with van der Waals surface area (Å²) in [7, 11) is -3.62. The Morgan fingerprint density at radius 1 is 1.37 bits per heavy atom. The molecule has 0 aromatic rings. The predicted molar refractivity (Wildman–Crippen MR) is 71.9 cm³/mol. The zero-order valence-electron chi connectivity index (χ0n) is 11.6. The van der Waals surface area contributed by atoms with Gasteiger partial charge in [0.15, 0.2) is 5.25 Å². The molecular weight excluding hydrogens is 268 g/mol. The van der Waals surface area contributed by atoms with Gasteiger partial charge in [-0.2, -0.15) is 5.26 Å². The van der Waals surface area contributed by atoms with Crippen LogP contribution in [0.5, 0.6) is 0 Å². The summed E-state index contributed by atoms with van der Waals surface area (Å²) in [5.41, 5.74) is 0. The average molecular weight is 290 g/mol. The van der Waals surface area contributed by atoms with Crippen LogP contribution in [0.2, 0.25) is 0 Å². The molecule has 0 aliphatic rings. The number of carboxylic acids is 1. The van der Waals surface area contributed by atoms with Gasteiger partial charge >= 0.3 is 5.97 Å². The molecule has 0 spiro atoms. The van der Waals surface area contributed by atoms with Crippen LogP contribution in [0.1, 0.15) is 46.5 Å². The standard InChI is InChI=1S/C12H22N2O4S/c1-4-11(8-13)19(17,18)14-10(3)7-5-6-9(2)12(15)16/h9-11,14H,4-7H2,1-3H3,(H,15,16). The first-order valence-electron chi connectivity index (χ1n) is 6.38. The van der Waals surface area contributed by atoms with E-state index in [1.807, 2.05) is 0 Å². The summed E-state index contributed by atoms with van der Waals surface area (Å²) in [4.78, 5) is 10.6. The van der Waals surface area contributed by atoms with Crippen molar-refractivity contribution in [2.24, 2.45) is 5.92 Å². The van der Waals surface area contributed by atoms with Crippen LogP contribution in [0.15, 0.2) is 0 Å². The highest BCUT2D eigenvalue weighted by molar-refractivity contribution is 7.90. The molecule has 3 unspecified atom stereocenters. The molecule has 0 fully saturated rings. The molecule has 0 aliphatic heterocycles. The topological polar surface area (TPSA) is 107 Å². The molecule has 0 aromatic heterocycles. The number of carbonyl (C=O) groups is 1. The molecule has 7 heteroatoms. The minimum absolute atomic E-state index is 0.245. The first kappa shape index (κ1) is 17.9. The summed E-state index contributed by atoms with van der Waals surface area (Å²) in [6, 6.07) is 1.46. The maximum Gasteiger partial charge on any atom is 0.306 e. The fourth-order valence-corrected chi connectivity index (χ4v) is 3.08. The second-order valence-electron chi connectivity index (χ2n) is 4.76. The Hall–Kier alpha value is -1.13.